The van der Waals surface area contributed by atoms with Crippen molar-refractivity contribution in [2.75, 3.05) is 19.9 Å². The van der Waals surface area contributed by atoms with E-state index in [1.165, 1.54) is 6.92 Å². The Balaban J connectivity index is 1.75. The summed E-state index contributed by atoms with van der Waals surface area (Å²) in [5.74, 6) is -0.354. The van der Waals surface area contributed by atoms with E-state index in [1.54, 1.807) is 25.1 Å². The van der Waals surface area contributed by atoms with Crippen LogP contribution in [0.4, 0.5) is 9.59 Å². The molecule has 10 nitrogen and oxygen atoms in total. The first kappa shape index (κ1) is 17.5. The molecule has 0 aromatic heterocycles. The third-order valence-electron chi connectivity index (χ3n) is 4.12. The fourth-order valence-electron chi connectivity index (χ4n) is 2.76. The van der Waals surface area contributed by atoms with Gasteiger partial charge in [0, 0.05) is 6.54 Å². The van der Waals surface area contributed by atoms with Crippen LogP contribution < -0.4 is 25.4 Å². The molecule has 26 heavy (non-hydrogen) atoms. The first-order valence-electron chi connectivity index (χ1n) is 7.97. The molecule has 0 spiro atoms. The second-order valence-corrected chi connectivity index (χ2v) is 5.92. The Kier molecular flexibility index (Phi) is 4.41. The van der Waals surface area contributed by atoms with Gasteiger partial charge in [0.2, 0.25) is 12.7 Å². The number of imide groups is 2. The van der Waals surface area contributed by atoms with Gasteiger partial charge in [0.25, 0.3) is 5.91 Å². The number of amides is 6. The average molecular weight is 362 g/mol. The van der Waals surface area contributed by atoms with Crippen molar-refractivity contribution in [2.24, 2.45) is 0 Å². The van der Waals surface area contributed by atoms with E-state index in [0.29, 0.717) is 23.6 Å². The van der Waals surface area contributed by atoms with E-state index in [-0.39, 0.29) is 6.79 Å². The number of carbonyl (C=O) groups excluding carboxylic acids is 4. The van der Waals surface area contributed by atoms with Crippen molar-refractivity contribution in [1.82, 2.24) is 20.9 Å². The second kappa shape index (κ2) is 6.54. The number of nitrogens with zero attached hydrogens (tertiary/aromatic N) is 1. The van der Waals surface area contributed by atoms with Crippen LogP contribution in [0.15, 0.2) is 18.2 Å². The van der Waals surface area contributed by atoms with Crippen LogP contribution >= 0.6 is 0 Å². The minimum Gasteiger partial charge on any atom is -0.454 e. The Labute approximate surface area is 148 Å². The summed E-state index contributed by atoms with van der Waals surface area (Å²) in [4.78, 5) is 49.0. The summed E-state index contributed by atoms with van der Waals surface area (Å²) in [6.45, 7) is 3.08. The van der Waals surface area contributed by atoms with Crippen molar-refractivity contribution in [2.45, 2.75) is 19.4 Å². The minimum atomic E-state index is -1.36. The molecule has 0 aliphatic carbocycles. The van der Waals surface area contributed by atoms with E-state index in [2.05, 4.69) is 16.0 Å². The molecule has 10 heteroatoms. The van der Waals surface area contributed by atoms with Gasteiger partial charge >= 0.3 is 12.1 Å². The molecule has 0 unspecified atom stereocenters. The topological polar surface area (TPSA) is 126 Å². The molecule has 0 saturated carbocycles. The van der Waals surface area contributed by atoms with Crippen LogP contribution in [0.5, 0.6) is 11.5 Å². The number of ether oxygens (including phenoxy) is 2. The Morgan fingerprint density at radius 3 is 2.73 bits per heavy atom. The van der Waals surface area contributed by atoms with Crippen molar-refractivity contribution in [1.29, 1.82) is 0 Å². The molecule has 138 valence electrons. The molecule has 1 saturated heterocycles. The normalized spacial score (nSPS) is 20.8. The molecule has 0 radical (unpaired) electrons. The predicted molar refractivity (Wildman–Crippen MR) is 87.4 cm³/mol. The lowest BCUT2D eigenvalue weighted by atomic mass is 9.91. The van der Waals surface area contributed by atoms with Crippen molar-refractivity contribution in [3.8, 4) is 11.5 Å². The lowest BCUT2D eigenvalue weighted by Crippen LogP contribution is -2.46. The molecule has 1 fully saturated rings. The van der Waals surface area contributed by atoms with Crippen LogP contribution in [0.1, 0.15) is 19.4 Å². The number of carbonyl (C=O) groups is 4. The lowest BCUT2D eigenvalue weighted by Gasteiger charge is -2.22. The number of fused-ring (bicyclic) bond motifs is 1. The highest BCUT2D eigenvalue weighted by atomic mass is 16.7. The van der Waals surface area contributed by atoms with Gasteiger partial charge in [-0.3, -0.25) is 19.8 Å². The highest BCUT2D eigenvalue weighted by Gasteiger charge is 2.50. The van der Waals surface area contributed by atoms with E-state index in [0.717, 1.165) is 4.90 Å². The summed E-state index contributed by atoms with van der Waals surface area (Å²) in [5.41, 5.74) is -0.865. The summed E-state index contributed by atoms with van der Waals surface area (Å²) >= 11 is 0. The third-order valence-corrected chi connectivity index (χ3v) is 4.12. The van der Waals surface area contributed by atoms with Gasteiger partial charge in [-0.05, 0) is 31.5 Å². The van der Waals surface area contributed by atoms with E-state index in [9.17, 15) is 19.2 Å². The van der Waals surface area contributed by atoms with Crippen LogP contribution in [0.2, 0.25) is 0 Å². The molecular weight excluding hydrogens is 344 g/mol. The van der Waals surface area contributed by atoms with Gasteiger partial charge in [0.1, 0.15) is 12.1 Å². The quantitative estimate of drug-likeness (QED) is 0.649. The zero-order valence-electron chi connectivity index (χ0n) is 14.3. The van der Waals surface area contributed by atoms with Gasteiger partial charge in [-0.15, -0.1) is 0 Å². The molecule has 1 aromatic rings. The highest BCUT2D eigenvalue weighted by Crippen LogP contribution is 2.37. The van der Waals surface area contributed by atoms with Gasteiger partial charge in [-0.25, -0.2) is 9.59 Å². The first-order valence-corrected chi connectivity index (χ1v) is 7.97. The van der Waals surface area contributed by atoms with Gasteiger partial charge < -0.3 is 20.1 Å². The average Bonchev–Trinajstić information content (AvgIpc) is 3.13. The predicted octanol–water partition coefficient (Wildman–Crippen LogP) is 0.0280. The molecular formula is C16H18N4O6. The number of nitrogens with one attached hydrogen (secondary N) is 3. The van der Waals surface area contributed by atoms with E-state index < -0.39 is 36.0 Å². The summed E-state index contributed by atoms with van der Waals surface area (Å²) < 4.78 is 10.5. The molecule has 2 heterocycles. The molecule has 3 rings (SSSR count). The summed E-state index contributed by atoms with van der Waals surface area (Å²) in [5, 5.41) is 7.02. The van der Waals surface area contributed by atoms with Gasteiger partial charge in [-0.2, -0.15) is 0 Å². The standard InChI is InChI=1S/C16H18N4O6/c1-3-17-14(23)18-12(21)7-20-13(22)16(2,19-15(20)24)9-4-5-10-11(6-9)26-8-25-10/h4-6H,3,7-8H2,1-2H3,(H,19,24)(H2,17,18,21,23)/t16-/m0/s1. The minimum absolute atomic E-state index is 0.0852. The fourth-order valence-corrected chi connectivity index (χ4v) is 2.76. The Morgan fingerprint density at radius 1 is 1.27 bits per heavy atom. The Bertz CT molecular complexity index is 795. The van der Waals surface area contributed by atoms with Crippen LogP contribution in [-0.4, -0.2) is 48.7 Å². The molecule has 1 atom stereocenters. The van der Waals surface area contributed by atoms with Crippen LogP contribution in [0.25, 0.3) is 0 Å². The lowest BCUT2D eigenvalue weighted by molar-refractivity contribution is -0.134. The van der Waals surface area contributed by atoms with Gasteiger partial charge in [-0.1, -0.05) is 6.07 Å². The number of rotatable bonds is 4. The van der Waals surface area contributed by atoms with Crippen molar-refractivity contribution < 1.29 is 28.7 Å². The van der Waals surface area contributed by atoms with Crippen molar-refractivity contribution in [3.63, 3.8) is 0 Å². The smallest absolute Gasteiger partial charge is 0.325 e. The molecule has 1 aromatic carbocycles. The monoisotopic (exact) mass is 362 g/mol. The summed E-state index contributed by atoms with van der Waals surface area (Å²) in [6, 6.07) is 3.49. The van der Waals surface area contributed by atoms with E-state index >= 15 is 0 Å². The van der Waals surface area contributed by atoms with Gasteiger partial charge in [0.15, 0.2) is 11.5 Å². The van der Waals surface area contributed by atoms with Crippen molar-refractivity contribution in [3.05, 3.63) is 23.8 Å². The molecule has 2 aliphatic rings. The van der Waals surface area contributed by atoms with E-state index in [1.807, 2.05) is 0 Å². The molecule has 2 aliphatic heterocycles. The zero-order chi connectivity index (χ0) is 18.9. The number of benzene rings is 1. The third kappa shape index (κ3) is 3.01. The number of urea groups is 2. The molecule has 0 bridgehead atoms. The molecule has 6 amide bonds. The van der Waals surface area contributed by atoms with Gasteiger partial charge in [0.05, 0.1) is 0 Å². The number of hydrogen-bond acceptors (Lipinski definition) is 6. The van der Waals surface area contributed by atoms with Crippen LogP contribution in [-0.2, 0) is 15.1 Å². The van der Waals surface area contributed by atoms with Crippen molar-refractivity contribution >= 4 is 23.9 Å². The van der Waals surface area contributed by atoms with Crippen LogP contribution in [0, 0.1) is 0 Å². The van der Waals surface area contributed by atoms with Crippen LogP contribution in [0.3, 0.4) is 0 Å². The maximum atomic E-state index is 12.8. The van der Waals surface area contributed by atoms with E-state index in [4.69, 9.17) is 9.47 Å². The Hall–Kier alpha value is -3.30. The number of hydrogen-bond donors (Lipinski definition) is 3. The second-order valence-electron chi connectivity index (χ2n) is 5.92. The SMILES string of the molecule is CCNC(=O)NC(=O)CN1C(=O)N[C@@](C)(c2ccc3c(c2)OCO3)C1=O. The largest absolute Gasteiger partial charge is 0.454 e. The molecule has 3 N–H and O–H groups in total. The zero-order valence-corrected chi connectivity index (χ0v) is 14.3. The summed E-state index contributed by atoms with van der Waals surface area (Å²) in [7, 11) is 0. The first-order chi connectivity index (χ1) is 12.3. The fraction of sp³-hybridized carbons (Fsp3) is 0.375. The maximum absolute atomic E-state index is 12.8. The maximum Gasteiger partial charge on any atom is 0.325 e. The summed E-state index contributed by atoms with van der Waals surface area (Å²) in [6.07, 6.45) is 0. The highest BCUT2D eigenvalue weighted by molar-refractivity contribution is 6.10. The Morgan fingerprint density at radius 2 is 2.00 bits per heavy atom.